The maximum atomic E-state index is 11.9. The molecule has 4 atom stereocenters. The number of nitrogens with one attached hydrogen (secondary N) is 1. The molecule has 0 radical (unpaired) electrons. The van der Waals surface area contributed by atoms with Crippen LogP contribution in [0.1, 0.15) is 47.0 Å². The second kappa shape index (κ2) is 9.10. The molecule has 0 aromatic carbocycles. The molecule has 6 heteroatoms. The van der Waals surface area contributed by atoms with Crippen molar-refractivity contribution in [3.05, 3.63) is 0 Å². The number of hydrogen-bond donors (Lipinski definition) is 2. The Morgan fingerprint density at radius 3 is 2.41 bits per heavy atom. The van der Waals surface area contributed by atoms with Crippen LogP contribution in [0, 0.1) is 5.92 Å². The Hall–Kier alpha value is -1.14. The third kappa shape index (κ3) is 6.32. The molecule has 0 saturated carbocycles. The number of ether oxygens (including phenoxy) is 1. The first-order valence-corrected chi connectivity index (χ1v) is 8.23. The maximum absolute atomic E-state index is 11.9. The number of nitrogens with zero attached hydrogens (tertiary/aromatic N) is 1. The van der Waals surface area contributed by atoms with Crippen molar-refractivity contribution >= 4 is 11.9 Å². The highest BCUT2D eigenvalue weighted by molar-refractivity contribution is 5.83. The Morgan fingerprint density at radius 1 is 1.32 bits per heavy atom. The van der Waals surface area contributed by atoms with E-state index in [2.05, 4.69) is 24.1 Å². The summed E-state index contributed by atoms with van der Waals surface area (Å²) in [6.07, 6.45) is 2.26. The third-order valence-corrected chi connectivity index (χ3v) is 4.17. The smallest absolute Gasteiger partial charge is 0.326 e. The monoisotopic (exact) mass is 314 g/mol. The van der Waals surface area contributed by atoms with Crippen molar-refractivity contribution in [3.63, 3.8) is 0 Å². The minimum atomic E-state index is -0.960. The van der Waals surface area contributed by atoms with Crippen molar-refractivity contribution in [2.75, 3.05) is 19.6 Å². The molecule has 1 rings (SSSR count). The molecule has 1 aliphatic rings. The minimum Gasteiger partial charge on any atom is -0.480 e. The first kappa shape index (κ1) is 18.9. The number of amides is 1. The molecule has 1 heterocycles. The molecule has 128 valence electrons. The molecule has 0 aromatic rings. The van der Waals surface area contributed by atoms with Crippen LogP contribution >= 0.6 is 0 Å². The Kier molecular flexibility index (Phi) is 7.82. The Labute approximate surface area is 133 Å². The number of hydrogen-bond acceptors (Lipinski definition) is 4. The number of carbonyl (C=O) groups excluding carboxylic acids is 1. The lowest BCUT2D eigenvalue weighted by atomic mass is 9.99. The number of morpholine rings is 1. The van der Waals surface area contributed by atoms with Gasteiger partial charge in [-0.2, -0.15) is 0 Å². The fraction of sp³-hybridized carbons (Fsp3) is 0.875. The van der Waals surface area contributed by atoms with Crippen molar-refractivity contribution in [3.8, 4) is 0 Å². The molecular weight excluding hydrogens is 284 g/mol. The van der Waals surface area contributed by atoms with Gasteiger partial charge in [0.05, 0.1) is 12.2 Å². The lowest BCUT2D eigenvalue weighted by molar-refractivity contribution is -0.143. The fourth-order valence-electron chi connectivity index (χ4n) is 2.86. The van der Waals surface area contributed by atoms with E-state index >= 15 is 0 Å². The molecule has 2 N–H and O–H groups in total. The minimum absolute atomic E-state index is 0.0672. The van der Waals surface area contributed by atoms with Crippen LogP contribution in [0.25, 0.3) is 0 Å². The number of carbonyl (C=O) groups is 2. The average molecular weight is 314 g/mol. The zero-order valence-corrected chi connectivity index (χ0v) is 14.2. The molecule has 0 spiro atoms. The van der Waals surface area contributed by atoms with Crippen LogP contribution < -0.4 is 5.32 Å². The van der Waals surface area contributed by atoms with Crippen molar-refractivity contribution < 1.29 is 19.4 Å². The highest BCUT2D eigenvalue weighted by atomic mass is 16.5. The van der Waals surface area contributed by atoms with Crippen LogP contribution in [0.3, 0.4) is 0 Å². The summed E-state index contributed by atoms with van der Waals surface area (Å²) in [7, 11) is 0. The van der Waals surface area contributed by atoms with E-state index in [1.165, 1.54) is 0 Å². The number of aliphatic carboxylic acids is 1. The standard InChI is InChI=1S/C16H30N2O4/c1-5-11(2)15(16(20)21)17-14(19)7-6-8-18-9-12(3)22-13(4)10-18/h11-13,15H,5-10H2,1-4H3,(H,17,19)(H,20,21). The van der Waals surface area contributed by atoms with Gasteiger partial charge in [-0.1, -0.05) is 20.3 Å². The van der Waals surface area contributed by atoms with Crippen LogP contribution in [-0.2, 0) is 14.3 Å². The summed E-state index contributed by atoms with van der Waals surface area (Å²) in [5, 5.41) is 11.8. The summed E-state index contributed by atoms with van der Waals surface area (Å²) in [6, 6.07) is -0.791. The second-order valence-electron chi connectivity index (χ2n) is 6.39. The molecule has 22 heavy (non-hydrogen) atoms. The van der Waals surface area contributed by atoms with Gasteiger partial charge in [-0.15, -0.1) is 0 Å². The van der Waals surface area contributed by atoms with Crippen molar-refractivity contribution in [2.45, 2.75) is 65.2 Å². The van der Waals surface area contributed by atoms with Gasteiger partial charge in [0.2, 0.25) is 5.91 Å². The molecule has 1 fully saturated rings. The Morgan fingerprint density at radius 2 is 1.91 bits per heavy atom. The summed E-state index contributed by atoms with van der Waals surface area (Å²) in [5.41, 5.74) is 0. The van der Waals surface area contributed by atoms with Crippen LogP contribution in [0.15, 0.2) is 0 Å². The van der Waals surface area contributed by atoms with E-state index in [9.17, 15) is 14.7 Å². The molecular formula is C16H30N2O4. The SMILES string of the molecule is CCC(C)C(NC(=O)CCCN1CC(C)OC(C)C1)C(=O)O. The quantitative estimate of drug-likeness (QED) is 0.710. The van der Waals surface area contributed by atoms with E-state index in [0.29, 0.717) is 6.42 Å². The molecule has 0 bridgehead atoms. The van der Waals surface area contributed by atoms with Crippen LogP contribution in [0.5, 0.6) is 0 Å². The van der Waals surface area contributed by atoms with Gasteiger partial charge >= 0.3 is 5.97 Å². The molecule has 0 aromatic heterocycles. The molecule has 4 unspecified atom stereocenters. The first-order chi connectivity index (χ1) is 10.3. The highest BCUT2D eigenvalue weighted by Crippen LogP contribution is 2.12. The van der Waals surface area contributed by atoms with E-state index in [1.807, 2.05) is 13.8 Å². The molecule has 1 amide bonds. The normalized spacial score (nSPS) is 25.5. The summed E-state index contributed by atoms with van der Waals surface area (Å²) in [4.78, 5) is 25.4. The number of carboxylic acids is 1. The maximum Gasteiger partial charge on any atom is 0.326 e. The summed E-state index contributed by atoms with van der Waals surface area (Å²) < 4.78 is 5.68. The van der Waals surface area contributed by atoms with Crippen LogP contribution in [-0.4, -0.2) is 59.8 Å². The summed E-state index contributed by atoms with van der Waals surface area (Å²) >= 11 is 0. The van der Waals surface area contributed by atoms with Crippen LogP contribution in [0.4, 0.5) is 0 Å². The van der Waals surface area contributed by atoms with E-state index < -0.39 is 12.0 Å². The first-order valence-electron chi connectivity index (χ1n) is 8.23. The van der Waals surface area contributed by atoms with E-state index in [4.69, 9.17) is 4.74 Å². The van der Waals surface area contributed by atoms with Gasteiger partial charge in [-0.3, -0.25) is 9.69 Å². The summed E-state index contributed by atoms with van der Waals surface area (Å²) in [6.45, 7) is 10.5. The van der Waals surface area contributed by atoms with Crippen molar-refractivity contribution in [1.82, 2.24) is 10.2 Å². The zero-order chi connectivity index (χ0) is 16.7. The zero-order valence-electron chi connectivity index (χ0n) is 14.2. The van der Waals surface area contributed by atoms with Crippen molar-refractivity contribution in [1.29, 1.82) is 0 Å². The highest BCUT2D eigenvalue weighted by Gasteiger charge is 2.25. The largest absolute Gasteiger partial charge is 0.480 e. The van der Waals surface area contributed by atoms with Crippen LogP contribution in [0.2, 0.25) is 0 Å². The number of rotatable bonds is 8. The average Bonchev–Trinajstić information content (AvgIpc) is 2.42. The summed E-state index contributed by atoms with van der Waals surface area (Å²) in [5.74, 6) is -1.21. The van der Waals surface area contributed by atoms with Gasteiger partial charge in [0, 0.05) is 19.5 Å². The van der Waals surface area contributed by atoms with Gasteiger partial charge in [0.25, 0.3) is 0 Å². The van der Waals surface area contributed by atoms with E-state index in [1.54, 1.807) is 0 Å². The van der Waals surface area contributed by atoms with E-state index in [-0.39, 0.29) is 24.0 Å². The topological polar surface area (TPSA) is 78.9 Å². The van der Waals surface area contributed by atoms with Gasteiger partial charge in [-0.25, -0.2) is 4.79 Å². The van der Waals surface area contributed by atoms with Gasteiger partial charge in [0.15, 0.2) is 0 Å². The van der Waals surface area contributed by atoms with Gasteiger partial charge < -0.3 is 15.2 Å². The lowest BCUT2D eigenvalue weighted by Crippen LogP contribution is -2.46. The lowest BCUT2D eigenvalue weighted by Gasteiger charge is -2.35. The van der Waals surface area contributed by atoms with Gasteiger partial charge in [0.1, 0.15) is 6.04 Å². The molecule has 0 aliphatic carbocycles. The predicted octanol–water partition coefficient (Wildman–Crippen LogP) is 1.49. The Balaban J connectivity index is 2.31. The number of carboxylic acid groups (broad SMARTS) is 1. The van der Waals surface area contributed by atoms with Crippen molar-refractivity contribution in [2.24, 2.45) is 5.92 Å². The molecule has 1 aliphatic heterocycles. The molecule has 1 saturated heterocycles. The van der Waals surface area contributed by atoms with Gasteiger partial charge in [-0.05, 0) is 32.7 Å². The fourth-order valence-corrected chi connectivity index (χ4v) is 2.86. The third-order valence-electron chi connectivity index (χ3n) is 4.17. The molecule has 6 nitrogen and oxygen atoms in total. The Bertz CT molecular complexity index is 365. The van der Waals surface area contributed by atoms with E-state index in [0.717, 1.165) is 32.5 Å². The predicted molar refractivity (Wildman–Crippen MR) is 84.7 cm³/mol. The second-order valence-corrected chi connectivity index (χ2v) is 6.39.